The van der Waals surface area contributed by atoms with E-state index in [0.29, 0.717) is 34.3 Å². The molecule has 0 spiro atoms. The van der Waals surface area contributed by atoms with Crippen LogP contribution in [0.15, 0.2) is 71.6 Å². The Morgan fingerprint density at radius 3 is 2.17 bits per heavy atom. The van der Waals surface area contributed by atoms with E-state index in [1.165, 1.54) is 37.3 Å². The summed E-state index contributed by atoms with van der Waals surface area (Å²) < 4.78 is 39.6. The highest BCUT2D eigenvalue weighted by molar-refractivity contribution is 7.92. The summed E-state index contributed by atoms with van der Waals surface area (Å²) in [5.41, 5.74) is 0.903. The van der Waals surface area contributed by atoms with Gasteiger partial charge in [0.05, 0.1) is 34.8 Å². The summed E-state index contributed by atoms with van der Waals surface area (Å²) in [6.45, 7) is 3.36. The maximum atomic E-state index is 14.0. The van der Waals surface area contributed by atoms with Crippen molar-refractivity contribution in [2.75, 3.05) is 31.6 Å². The van der Waals surface area contributed by atoms with E-state index < -0.39 is 28.5 Å². The maximum Gasteiger partial charge on any atom is 0.264 e. The Morgan fingerprint density at radius 2 is 1.59 bits per heavy atom. The van der Waals surface area contributed by atoms with Gasteiger partial charge >= 0.3 is 0 Å². The first-order valence-corrected chi connectivity index (χ1v) is 15.1. The number of benzene rings is 3. The first-order valence-electron chi connectivity index (χ1n) is 12.9. The third-order valence-electron chi connectivity index (χ3n) is 6.34. The molecule has 41 heavy (non-hydrogen) atoms. The van der Waals surface area contributed by atoms with Gasteiger partial charge in [0.15, 0.2) is 11.5 Å². The molecule has 0 unspecified atom stereocenters. The highest BCUT2D eigenvalue weighted by Crippen LogP contribution is 2.32. The van der Waals surface area contributed by atoms with Gasteiger partial charge in [-0.25, -0.2) is 8.42 Å². The quantitative estimate of drug-likeness (QED) is 0.283. The molecule has 0 aliphatic carbocycles. The van der Waals surface area contributed by atoms with Crippen molar-refractivity contribution >= 4 is 50.7 Å². The lowest BCUT2D eigenvalue weighted by molar-refractivity contribution is -0.140. The Balaban J connectivity index is 2.08. The molecule has 220 valence electrons. The van der Waals surface area contributed by atoms with Crippen LogP contribution in [0, 0.1) is 0 Å². The fourth-order valence-corrected chi connectivity index (χ4v) is 6.02. The molecule has 1 atom stereocenters. The van der Waals surface area contributed by atoms with Crippen LogP contribution in [0.1, 0.15) is 25.8 Å². The molecule has 0 aromatic heterocycles. The molecular formula is C29H33Cl2N3O6S. The van der Waals surface area contributed by atoms with Gasteiger partial charge in [-0.15, -0.1) is 0 Å². The number of methoxy groups -OCH3 is 2. The molecular weight excluding hydrogens is 589 g/mol. The molecule has 1 N–H and O–H groups in total. The molecule has 0 bridgehead atoms. The number of amides is 2. The topological polar surface area (TPSA) is 105 Å². The number of hydrogen-bond donors (Lipinski definition) is 1. The van der Waals surface area contributed by atoms with E-state index >= 15 is 0 Å². The molecule has 12 heteroatoms. The maximum absolute atomic E-state index is 14.0. The molecule has 0 fully saturated rings. The first-order chi connectivity index (χ1) is 19.6. The van der Waals surface area contributed by atoms with Crippen LogP contribution in [0.25, 0.3) is 0 Å². The van der Waals surface area contributed by atoms with Gasteiger partial charge in [-0.1, -0.05) is 54.4 Å². The SMILES string of the molecule is CCNC(=O)[C@@H](CC)N(Cc1ccc(Cl)c(Cl)c1)C(=O)CN(c1ccccc1)S(=O)(=O)c1ccc(OC)c(OC)c1. The summed E-state index contributed by atoms with van der Waals surface area (Å²) in [6, 6.07) is 16.5. The number of carbonyl (C=O) groups excluding carboxylic acids is 2. The highest BCUT2D eigenvalue weighted by Gasteiger charge is 2.34. The van der Waals surface area contributed by atoms with Crippen LogP contribution < -0.4 is 19.1 Å². The Labute approximate surface area is 251 Å². The van der Waals surface area contributed by atoms with Crippen molar-refractivity contribution in [3.05, 3.63) is 82.3 Å². The second kappa shape index (κ2) is 14.4. The predicted octanol–water partition coefficient (Wildman–Crippen LogP) is 5.15. The van der Waals surface area contributed by atoms with Crippen LogP contribution in [0.2, 0.25) is 10.0 Å². The van der Waals surface area contributed by atoms with Crippen LogP contribution in [-0.4, -0.2) is 58.5 Å². The minimum atomic E-state index is -4.28. The smallest absolute Gasteiger partial charge is 0.264 e. The Bertz CT molecular complexity index is 1470. The lowest BCUT2D eigenvalue weighted by atomic mass is 10.1. The third kappa shape index (κ3) is 7.63. The van der Waals surface area contributed by atoms with Crippen molar-refractivity contribution in [2.24, 2.45) is 0 Å². The minimum Gasteiger partial charge on any atom is -0.493 e. The number of nitrogens with zero attached hydrogens (tertiary/aromatic N) is 2. The molecule has 2 amide bonds. The molecule has 0 aliphatic rings. The molecule has 0 saturated carbocycles. The molecule has 0 saturated heterocycles. The van der Waals surface area contributed by atoms with Gasteiger partial charge in [-0.05, 0) is 55.3 Å². The Kier molecular flexibility index (Phi) is 11.3. The summed E-state index contributed by atoms with van der Waals surface area (Å²) in [5.74, 6) is -0.356. The van der Waals surface area contributed by atoms with Gasteiger partial charge in [0.1, 0.15) is 12.6 Å². The largest absolute Gasteiger partial charge is 0.493 e. The fraction of sp³-hybridized carbons (Fsp3) is 0.310. The minimum absolute atomic E-state index is 0.00436. The van der Waals surface area contributed by atoms with E-state index in [-0.39, 0.29) is 28.8 Å². The van der Waals surface area contributed by atoms with E-state index in [1.54, 1.807) is 62.4 Å². The van der Waals surface area contributed by atoms with Gasteiger partial charge in [-0.3, -0.25) is 13.9 Å². The molecule has 3 aromatic carbocycles. The van der Waals surface area contributed by atoms with Crippen molar-refractivity contribution in [1.29, 1.82) is 0 Å². The van der Waals surface area contributed by atoms with Crippen LogP contribution in [0.5, 0.6) is 11.5 Å². The van der Waals surface area contributed by atoms with E-state index in [2.05, 4.69) is 5.32 Å². The zero-order valence-electron chi connectivity index (χ0n) is 23.3. The molecule has 3 rings (SSSR count). The number of likely N-dealkylation sites (N-methyl/N-ethyl adjacent to an activating group) is 1. The van der Waals surface area contributed by atoms with Gasteiger partial charge in [0, 0.05) is 19.2 Å². The van der Waals surface area contributed by atoms with Gasteiger partial charge in [0.2, 0.25) is 11.8 Å². The van der Waals surface area contributed by atoms with E-state index in [4.69, 9.17) is 32.7 Å². The standard InChI is InChI=1S/C29H33Cl2N3O6S/c1-5-25(29(36)32-6-2)33(18-20-12-14-23(30)24(31)16-20)28(35)19-34(21-10-8-7-9-11-21)41(37,38)22-13-15-26(39-3)27(17-22)40-4/h7-17,25H,5-6,18-19H2,1-4H3,(H,32,36)/t25-/m1/s1. The van der Waals surface area contributed by atoms with E-state index in [0.717, 1.165) is 4.31 Å². The number of hydrogen-bond acceptors (Lipinski definition) is 6. The van der Waals surface area contributed by atoms with Crippen molar-refractivity contribution < 1.29 is 27.5 Å². The second-order valence-corrected chi connectivity index (χ2v) is 11.6. The highest BCUT2D eigenvalue weighted by atomic mass is 35.5. The predicted molar refractivity (Wildman–Crippen MR) is 160 cm³/mol. The number of nitrogens with one attached hydrogen (secondary N) is 1. The van der Waals surface area contributed by atoms with Crippen LogP contribution in [-0.2, 0) is 26.2 Å². The Hall–Kier alpha value is -3.47. The lowest BCUT2D eigenvalue weighted by Gasteiger charge is -2.33. The monoisotopic (exact) mass is 621 g/mol. The zero-order valence-corrected chi connectivity index (χ0v) is 25.6. The summed E-state index contributed by atoms with van der Waals surface area (Å²) in [7, 11) is -1.43. The molecule has 0 aliphatic heterocycles. The van der Waals surface area contributed by atoms with E-state index in [9.17, 15) is 18.0 Å². The van der Waals surface area contributed by atoms with Gasteiger partial charge in [0.25, 0.3) is 10.0 Å². The van der Waals surface area contributed by atoms with Gasteiger partial charge < -0.3 is 19.7 Å². The third-order valence-corrected chi connectivity index (χ3v) is 8.85. The van der Waals surface area contributed by atoms with Crippen molar-refractivity contribution in [3.8, 4) is 11.5 Å². The van der Waals surface area contributed by atoms with E-state index in [1.807, 2.05) is 0 Å². The van der Waals surface area contributed by atoms with Crippen LogP contribution in [0.4, 0.5) is 5.69 Å². The second-order valence-electron chi connectivity index (χ2n) is 8.95. The van der Waals surface area contributed by atoms with Crippen molar-refractivity contribution in [2.45, 2.75) is 37.8 Å². The normalized spacial score (nSPS) is 11.9. The molecule has 0 heterocycles. The van der Waals surface area contributed by atoms with Crippen molar-refractivity contribution in [1.82, 2.24) is 10.2 Å². The number of ether oxygens (including phenoxy) is 2. The summed E-state index contributed by atoms with van der Waals surface area (Å²) in [5, 5.41) is 3.41. The summed E-state index contributed by atoms with van der Waals surface area (Å²) >= 11 is 12.3. The average Bonchev–Trinajstić information content (AvgIpc) is 2.97. The van der Waals surface area contributed by atoms with Crippen LogP contribution >= 0.6 is 23.2 Å². The molecule has 9 nitrogen and oxygen atoms in total. The zero-order chi connectivity index (χ0) is 30.2. The van der Waals surface area contributed by atoms with Gasteiger partial charge in [-0.2, -0.15) is 0 Å². The average molecular weight is 623 g/mol. The fourth-order valence-electron chi connectivity index (χ4n) is 4.27. The first kappa shape index (κ1) is 32.0. The number of rotatable bonds is 13. The summed E-state index contributed by atoms with van der Waals surface area (Å²) in [6.07, 6.45) is 0.298. The number of anilines is 1. The molecule has 0 radical (unpaired) electrons. The number of para-hydroxylation sites is 1. The number of sulfonamides is 1. The number of carbonyl (C=O) groups is 2. The lowest BCUT2D eigenvalue weighted by Crippen LogP contribution is -2.52. The number of halogens is 2. The van der Waals surface area contributed by atoms with Crippen LogP contribution in [0.3, 0.4) is 0 Å². The molecule has 3 aromatic rings. The summed E-state index contributed by atoms with van der Waals surface area (Å²) in [4.78, 5) is 28.3. The Morgan fingerprint density at radius 1 is 0.902 bits per heavy atom. The van der Waals surface area contributed by atoms with Crippen molar-refractivity contribution in [3.63, 3.8) is 0 Å².